The van der Waals surface area contributed by atoms with E-state index in [4.69, 9.17) is 0 Å². The van der Waals surface area contributed by atoms with Crippen LogP contribution in [0.1, 0.15) is 23.1 Å². The average Bonchev–Trinajstić information content (AvgIpc) is 2.46. The molecule has 0 fully saturated rings. The summed E-state index contributed by atoms with van der Waals surface area (Å²) in [6.45, 7) is 7.39. The highest BCUT2D eigenvalue weighted by Gasteiger charge is 1.99. The molecule has 2 aromatic rings. The topological polar surface area (TPSA) is 15.3 Å². The lowest BCUT2D eigenvalue weighted by molar-refractivity contribution is 0.645. The summed E-state index contributed by atoms with van der Waals surface area (Å²) < 4.78 is 0. The molecule has 21 heavy (non-hydrogen) atoms. The quantitative estimate of drug-likeness (QED) is 0.774. The molecule has 0 bridgehead atoms. The van der Waals surface area contributed by atoms with Crippen molar-refractivity contribution in [2.45, 2.75) is 26.8 Å². The maximum atomic E-state index is 3.54. The van der Waals surface area contributed by atoms with Crippen LogP contribution in [0.25, 0.3) is 0 Å². The fourth-order valence-corrected chi connectivity index (χ4v) is 2.66. The summed E-state index contributed by atoms with van der Waals surface area (Å²) in [4.78, 5) is 2.30. The van der Waals surface area contributed by atoms with Crippen LogP contribution in [0.2, 0.25) is 0 Å². The highest BCUT2D eigenvalue weighted by molar-refractivity contribution is 5.44. The fraction of sp³-hybridized carbons (Fsp3) is 0.368. The van der Waals surface area contributed by atoms with Crippen molar-refractivity contribution in [1.82, 2.24) is 5.32 Å². The third-order valence-electron chi connectivity index (χ3n) is 3.65. The van der Waals surface area contributed by atoms with Gasteiger partial charge in [-0.1, -0.05) is 47.5 Å². The second-order valence-corrected chi connectivity index (χ2v) is 5.78. The van der Waals surface area contributed by atoms with Crippen LogP contribution in [0.15, 0.2) is 48.5 Å². The number of rotatable bonds is 7. The van der Waals surface area contributed by atoms with Crippen molar-refractivity contribution in [3.05, 3.63) is 65.2 Å². The number of hydrogen-bond acceptors (Lipinski definition) is 2. The zero-order valence-corrected chi connectivity index (χ0v) is 13.4. The lowest BCUT2D eigenvalue weighted by Crippen LogP contribution is -2.23. The van der Waals surface area contributed by atoms with Gasteiger partial charge in [-0.15, -0.1) is 0 Å². The number of anilines is 1. The van der Waals surface area contributed by atoms with E-state index >= 15 is 0 Å². The SMILES string of the molecule is Cc1cc(C)cc(CNCCCN(C)c2ccccc2)c1. The van der Waals surface area contributed by atoms with Gasteiger partial charge in [0.05, 0.1) is 0 Å². The molecule has 2 nitrogen and oxygen atoms in total. The van der Waals surface area contributed by atoms with Gasteiger partial charge >= 0.3 is 0 Å². The van der Waals surface area contributed by atoms with Gasteiger partial charge in [0.2, 0.25) is 0 Å². The highest BCUT2D eigenvalue weighted by Crippen LogP contribution is 2.11. The molecule has 0 aliphatic heterocycles. The molecular weight excluding hydrogens is 256 g/mol. The van der Waals surface area contributed by atoms with E-state index in [1.165, 1.54) is 22.4 Å². The normalized spacial score (nSPS) is 10.6. The molecule has 0 aromatic heterocycles. The Labute approximate surface area is 128 Å². The third kappa shape index (κ3) is 5.24. The van der Waals surface area contributed by atoms with Gasteiger partial charge in [-0.2, -0.15) is 0 Å². The molecule has 112 valence electrons. The summed E-state index contributed by atoms with van der Waals surface area (Å²) >= 11 is 0. The predicted octanol–water partition coefficient (Wildman–Crippen LogP) is 3.92. The Morgan fingerprint density at radius 3 is 2.29 bits per heavy atom. The van der Waals surface area contributed by atoms with E-state index in [-0.39, 0.29) is 0 Å². The molecule has 2 aromatic carbocycles. The summed E-state index contributed by atoms with van der Waals surface area (Å²) in [7, 11) is 2.15. The second-order valence-electron chi connectivity index (χ2n) is 5.78. The molecule has 0 unspecified atom stereocenters. The molecule has 0 atom stereocenters. The van der Waals surface area contributed by atoms with Crippen molar-refractivity contribution in [1.29, 1.82) is 0 Å². The summed E-state index contributed by atoms with van der Waals surface area (Å²) in [6, 6.07) is 17.3. The van der Waals surface area contributed by atoms with Gasteiger partial charge in [-0.05, 0) is 44.5 Å². The number of para-hydroxylation sites is 1. The maximum absolute atomic E-state index is 3.54. The fourth-order valence-electron chi connectivity index (χ4n) is 2.66. The Balaban J connectivity index is 1.68. The van der Waals surface area contributed by atoms with Gasteiger partial charge in [0, 0.05) is 25.8 Å². The third-order valence-corrected chi connectivity index (χ3v) is 3.65. The summed E-state index contributed by atoms with van der Waals surface area (Å²) in [5.41, 5.74) is 5.35. The minimum absolute atomic E-state index is 0.956. The first-order valence-electron chi connectivity index (χ1n) is 7.69. The Morgan fingerprint density at radius 2 is 1.62 bits per heavy atom. The van der Waals surface area contributed by atoms with Crippen LogP contribution in [-0.4, -0.2) is 20.1 Å². The molecule has 1 N–H and O–H groups in total. The van der Waals surface area contributed by atoms with Crippen molar-refractivity contribution in [3.8, 4) is 0 Å². The average molecular weight is 282 g/mol. The van der Waals surface area contributed by atoms with Crippen LogP contribution in [-0.2, 0) is 6.54 Å². The first-order valence-corrected chi connectivity index (χ1v) is 7.69. The van der Waals surface area contributed by atoms with Gasteiger partial charge in [0.25, 0.3) is 0 Å². The number of aryl methyl sites for hydroxylation is 2. The maximum Gasteiger partial charge on any atom is 0.0363 e. The van der Waals surface area contributed by atoms with Crippen LogP contribution in [0.3, 0.4) is 0 Å². The van der Waals surface area contributed by atoms with Gasteiger partial charge in [0.1, 0.15) is 0 Å². The van der Waals surface area contributed by atoms with Crippen molar-refractivity contribution in [2.75, 3.05) is 25.0 Å². The van der Waals surface area contributed by atoms with E-state index in [9.17, 15) is 0 Å². The second kappa shape index (κ2) is 7.84. The van der Waals surface area contributed by atoms with Crippen LogP contribution in [0, 0.1) is 13.8 Å². The van der Waals surface area contributed by atoms with Crippen molar-refractivity contribution >= 4 is 5.69 Å². The van der Waals surface area contributed by atoms with E-state index in [0.717, 1.165) is 26.1 Å². The lowest BCUT2D eigenvalue weighted by atomic mass is 10.1. The zero-order valence-electron chi connectivity index (χ0n) is 13.4. The van der Waals surface area contributed by atoms with Crippen molar-refractivity contribution in [3.63, 3.8) is 0 Å². The monoisotopic (exact) mass is 282 g/mol. The highest BCUT2D eigenvalue weighted by atomic mass is 15.1. The van der Waals surface area contributed by atoms with Crippen molar-refractivity contribution in [2.24, 2.45) is 0 Å². The summed E-state index contributed by atoms with van der Waals surface area (Å²) in [5.74, 6) is 0. The zero-order chi connectivity index (χ0) is 15.1. The Kier molecular flexibility index (Phi) is 5.82. The van der Waals surface area contributed by atoms with Crippen LogP contribution in [0.4, 0.5) is 5.69 Å². The van der Waals surface area contributed by atoms with E-state index in [1.54, 1.807) is 0 Å². The smallest absolute Gasteiger partial charge is 0.0363 e. The lowest BCUT2D eigenvalue weighted by Gasteiger charge is -2.19. The van der Waals surface area contributed by atoms with Crippen molar-refractivity contribution < 1.29 is 0 Å². The molecular formula is C19H26N2. The number of nitrogens with zero attached hydrogens (tertiary/aromatic N) is 1. The van der Waals surface area contributed by atoms with E-state index in [0.29, 0.717) is 0 Å². The molecule has 2 heteroatoms. The van der Waals surface area contributed by atoms with Gasteiger partial charge in [-0.3, -0.25) is 0 Å². The first kappa shape index (κ1) is 15.6. The number of nitrogens with one attached hydrogen (secondary N) is 1. The van der Waals surface area contributed by atoms with Gasteiger partial charge in [-0.25, -0.2) is 0 Å². The molecule has 0 amide bonds. The Bertz CT molecular complexity index is 528. The van der Waals surface area contributed by atoms with Crippen LogP contribution >= 0.6 is 0 Å². The summed E-state index contributed by atoms with van der Waals surface area (Å²) in [5, 5.41) is 3.54. The predicted molar refractivity (Wildman–Crippen MR) is 92.0 cm³/mol. The minimum atomic E-state index is 0.956. The molecule has 0 aliphatic rings. The van der Waals surface area contributed by atoms with E-state index < -0.39 is 0 Å². The number of benzene rings is 2. The minimum Gasteiger partial charge on any atom is -0.375 e. The van der Waals surface area contributed by atoms with Crippen LogP contribution < -0.4 is 10.2 Å². The Morgan fingerprint density at radius 1 is 0.952 bits per heavy atom. The molecule has 0 spiro atoms. The molecule has 0 heterocycles. The Hall–Kier alpha value is -1.80. The van der Waals surface area contributed by atoms with E-state index in [1.807, 2.05) is 0 Å². The first-order chi connectivity index (χ1) is 10.1. The molecule has 0 radical (unpaired) electrons. The largest absolute Gasteiger partial charge is 0.375 e. The van der Waals surface area contributed by atoms with Gasteiger partial charge < -0.3 is 10.2 Å². The van der Waals surface area contributed by atoms with E-state index in [2.05, 4.69) is 79.6 Å². The summed E-state index contributed by atoms with van der Waals surface area (Å²) in [6.07, 6.45) is 1.15. The molecule has 0 saturated carbocycles. The molecule has 0 saturated heterocycles. The molecule has 0 aliphatic carbocycles. The van der Waals surface area contributed by atoms with Gasteiger partial charge in [0.15, 0.2) is 0 Å². The molecule has 2 rings (SSSR count). The number of hydrogen-bond donors (Lipinski definition) is 1. The standard InChI is InChI=1S/C19H26N2/c1-16-12-17(2)14-18(13-16)15-20-10-7-11-21(3)19-8-5-4-6-9-19/h4-6,8-9,12-14,20H,7,10-11,15H2,1-3H3. The van der Waals surface area contributed by atoms with Crippen LogP contribution in [0.5, 0.6) is 0 Å².